The first kappa shape index (κ1) is 31.1. The number of carboxylic acids is 1. The van der Waals surface area contributed by atoms with Gasteiger partial charge in [-0.2, -0.15) is 0 Å². The number of aromatic carboxylic acids is 1. The standard InChI is InChI=1S/C35H29F3N6O4/c1-35(2)19-47-18-30(35)44-29-14-22(34(45)46)13-27(38)33(29)41-31(44)15-21-12-26(37)24(16-25(21)36)28-4-3-5-32(40-28)48-17-20-6-8-23(9-7-20)43-11-10-39-42-43/h3-14,16,30H,15,17-19H2,1-2H3,(H,45,46). The third kappa shape index (κ3) is 5.88. The van der Waals surface area contributed by atoms with E-state index in [0.29, 0.717) is 6.61 Å². The van der Waals surface area contributed by atoms with Gasteiger partial charge in [0.2, 0.25) is 5.88 Å². The van der Waals surface area contributed by atoms with Gasteiger partial charge in [0.1, 0.15) is 29.6 Å². The third-order valence-corrected chi connectivity index (χ3v) is 8.53. The van der Waals surface area contributed by atoms with Gasteiger partial charge in [-0.1, -0.05) is 37.3 Å². The van der Waals surface area contributed by atoms with Gasteiger partial charge in [-0.3, -0.25) is 0 Å². The molecule has 1 saturated heterocycles. The number of aromatic nitrogens is 6. The summed E-state index contributed by atoms with van der Waals surface area (Å²) in [5.74, 6) is -3.05. The van der Waals surface area contributed by atoms with E-state index in [2.05, 4.69) is 20.3 Å². The Balaban J connectivity index is 1.16. The second-order valence-electron chi connectivity index (χ2n) is 12.3. The smallest absolute Gasteiger partial charge is 0.335 e. The van der Waals surface area contributed by atoms with Crippen molar-refractivity contribution in [2.24, 2.45) is 5.41 Å². The van der Waals surface area contributed by atoms with E-state index in [1.54, 1.807) is 39.8 Å². The van der Waals surface area contributed by atoms with Crippen LogP contribution in [0.3, 0.4) is 0 Å². The molecule has 0 saturated carbocycles. The zero-order valence-corrected chi connectivity index (χ0v) is 25.9. The summed E-state index contributed by atoms with van der Waals surface area (Å²) in [7, 11) is 0. The zero-order valence-electron chi connectivity index (χ0n) is 25.9. The van der Waals surface area contributed by atoms with E-state index in [1.165, 1.54) is 6.07 Å². The van der Waals surface area contributed by atoms with Crippen LogP contribution >= 0.6 is 0 Å². The molecule has 7 rings (SSSR count). The summed E-state index contributed by atoms with van der Waals surface area (Å²) >= 11 is 0. The Morgan fingerprint density at radius 1 is 1.02 bits per heavy atom. The Morgan fingerprint density at radius 2 is 1.83 bits per heavy atom. The first-order chi connectivity index (χ1) is 23.1. The number of ether oxygens (including phenoxy) is 2. The van der Waals surface area contributed by atoms with Gasteiger partial charge in [0.15, 0.2) is 5.82 Å². The molecular weight excluding hydrogens is 625 g/mol. The maximum Gasteiger partial charge on any atom is 0.335 e. The van der Waals surface area contributed by atoms with E-state index in [-0.39, 0.29) is 70.8 Å². The summed E-state index contributed by atoms with van der Waals surface area (Å²) in [5.41, 5.74) is 1.34. The van der Waals surface area contributed by atoms with Gasteiger partial charge >= 0.3 is 5.97 Å². The first-order valence-corrected chi connectivity index (χ1v) is 15.1. The zero-order chi connectivity index (χ0) is 33.6. The molecule has 1 atom stereocenters. The Hall–Kier alpha value is -5.56. The number of imidazole rings is 1. The molecule has 4 heterocycles. The average molecular weight is 655 g/mol. The molecule has 3 aromatic carbocycles. The van der Waals surface area contributed by atoms with E-state index in [4.69, 9.17) is 9.47 Å². The molecule has 0 spiro atoms. The largest absolute Gasteiger partial charge is 0.478 e. The van der Waals surface area contributed by atoms with E-state index in [9.17, 15) is 9.90 Å². The van der Waals surface area contributed by atoms with E-state index in [1.807, 2.05) is 38.1 Å². The van der Waals surface area contributed by atoms with Crippen molar-refractivity contribution >= 4 is 17.0 Å². The fourth-order valence-corrected chi connectivity index (χ4v) is 5.96. The molecule has 0 bridgehead atoms. The number of halogens is 3. The molecule has 10 nitrogen and oxygen atoms in total. The van der Waals surface area contributed by atoms with Gasteiger partial charge in [0, 0.05) is 23.5 Å². The highest BCUT2D eigenvalue weighted by molar-refractivity contribution is 5.93. The van der Waals surface area contributed by atoms with Crippen molar-refractivity contribution < 1.29 is 32.5 Å². The van der Waals surface area contributed by atoms with Crippen molar-refractivity contribution in [1.29, 1.82) is 0 Å². The lowest BCUT2D eigenvalue weighted by Gasteiger charge is -2.28. The van der Waals surface area contributed by atoms with E-state index in [0.717, 1.165) is 29.4 Å². The minimum atomic E-state index is -1.29. The average Bonchev–Trinajstić information content (AvgIpc) is 3.81. The number of benzene rings is 3. The summed E-state index contributed by atoms with van der Waals surface area (Å²) in [6.45, 7) is 4.80. The number of pyridine rings is 1. The molecule has 0 aliphatic carbocycles. The van der Waals surface area contributed by atoms with E-state index >= 15 is 13.2 Å². The van der Waals surface area contributed by atoms with Gasteiger partial charge in [-0.25, -0.2) is 32.6 Å². The van der Waals surface area contributed by atoms with Crippen LogP contribution in [-0.4, -0.2) is 53.8 Å². The van der Waals surface area contributed by atoms with Crippen molar-refractivity contribution in [2.45, 2.75) is 32.9 Å². The maximum absolute atomic E-state index is 15.7. The van der Waals surface area contributed by atoms with Gasteiger partial charge in [-0.15, -0.1) is 5.10 Å². The fraction of sp³-hybridized carbons (Fsp3) is 0.229. The molecule has 0 amide bonds. The topological polar surface area (TPSA) is 117 Å². The quantitative estimate of drug-likeness (QED) is 0.186. The molecule has 1 N–H and O–H groups in total. The minimum Gasteiger partial charge on any atom is -0.478 e. The lowest BCUT2D eigenvalue weighted by Crippen LogP contribution is -2.27. The van der Waals surface area contributed by atoms with Gasteiger partial charge < -0.3 is 19.1 Å². The third-order valence-electron chi connectivity index (χ3n) is 8.53. The van der Waals surface area contributed by atoms with Crippen molar-refractivity contribution in [1.82, 2.24) is 29.5 Å². The molecule has 1 aliphatic rings. The second-order valence-corrected chi connectivity index (χ2v) is 12.3. The number of hydrogen-bond acceptors (Lipinski definition) is 7. The second kappa shape index (κ2) is 12.2. The molecule has 1 unspecified atom stereocenters. The highest BCUT2D eigenvalue weighted by Crippen LogP contribution is 2.41. The number of nitrogens with zero attached hydrogens (tertiary/aromatic N) is 6. The lowest BCUT2D eigenvalue weighted by atomic mass is 9.87. The van der Waals surface area contributed by atoms with Crippen LogP contribution in [0.15, 0.2) is 79.1 Å². The van der Waals surface area contributed by atoms with Crippen LogP contribution in [0.1, 0.15) is 47.2 Å². The predicted molar refractivity (Wildman–Crippen MR) is 168 cm³/mol. The van der Waals surface area contributed by atoms with Crippen molar-refractivity contribution in [2.75, 3.05) is 13.2 Å². The summed E-state index contributed by atoms with van der Waals surface area (Å²) in [4.78, 5) is 20.6. The fourth-order valence-electron chi connectivity index (χ4n) is 5.96. The molecule has 1 aliphatic heterocycles. The van der Waals surface area contributed by atoms with Crippen LogP contribution in [0, 0.1) is 22.9 Å². The Bertz CT molecular complexity index is 2150. The Morgan fingerprint density at radius 3 is 2.54 bits per heavy atom. The molecule has 6 aromatic rings. The molecule has 244 valence electrons. The minimum absolute atomic E-state index is 0.00913. The number of rotatable bonds is 9. The highest BCUT2D eigenvalue weighted by Gasteiger charge is 2.39. The van der Waals surface area contributed by atoms with Crippen LogP contribution in [0.25, 0.3) is 28.0 Å². The first-order valence-electron chi connectivity index (χ1n) is 15.1. The number of carbonyl (C=O) groups is 1. The van der Waals surface area contributed by atoms with Crippen molar-refractivity contribution in [3.63, 3.8) is 0 Å². The van der Waals surface area contributed by atoms with Crippen LogP contribution in [-0.2, 0) is 17.8 Å². The summed E-state index contributed by atoms with van der Waals surface area (Å²) in [5, 5.41) is 17.3. The number of carboxylic acid groups (broad SMARTS) is 1. The van der Waals surface area contributed by atoms with Crippen LogP contribution in [0.4, 0.5) is 13.2 Å². The maximum atomic E-state index is 15.7. The Labute approximate surface area is 272 Å². The van der Waals surface area contributed by atoms with E-state index < -0.39 is 28.8 Å². The Kier molecular flexibility index (Phi) is 7.91. The van der Waals surface area contributed by atoms with Crippen LogP contribution < -0.4 is 4.74 Å². The van der Waals surface area contributed by atoms with Gasteiger partial charge in [-0.05, 0) is 53.6 Å². The highest BCUT2D eigenvalue weighted by atomic mass is 19.1. The number of hydrogen-bond donors (Lipinski definition) is 1. The van der Waals surface area contributed by atoms with Gasteiger partial charge in [0.25, 0.3) is 0 Å². The normalized spacial score (nSPS) is 15.6. The monoisotopic (exact) mass is 654 g/mol. The van der Waals surface area contributed by atoms with Gasteiger partial charge in [0.05, 0.1) is 54.1 Å². The summed E-state index contributed by atoms with van der Waals surface area (Å²) < 4.78 is 61.4. The van der Waals surface area contributed by atoms with Crippen LogP contribution in [0.5, 0.6) is 5.88 Å². The lowest BCUT2D eigenvalue weighted by molar-refractivity contribution is 0.0696. The van der Waals surface area contributed by atoms with Crippen molar-refractivity contribution in [3.8, 4) is 22.8 Å². The van der Waals surface area contributed by atoms with Crippen LogP contribution in [0.2, 0.25) is 0 Å². The van der Waals surface area contributed by atoms with Crippen molar-refractivity contribution in [3.05, 3.63) is 119 Å². The predicted octanol–water partition coefficient (Wildman–Crippen LogP) is 6.56. The molecule has 13 heteroatoms. The molecule has 3 aromatic heterocycles. The molecular formula is C35H29F3N6O4. The molecule has 1 fully saturated rings. The molecule has 0 radical (unpaired) electrons. The number of fused-ring (bicyclic) bond motifs is 1. The summed E-state index contributed by atoms with van der Waals surface area (Å²) in [6, 6.07) is 16.4. The SMILES string of the molecule is CC1(C)COCC1n1c(Cc2cc(F)c(-c3cccc(OCc4ccc(-n5ccnn5)cc4)n3)cc2F)nc2c(F)cc(C(=O)O)cc21. The molecule has 48 heavy (non-hydrogen) atoms. The summed E-state index contributed by atoms with van der Waals surface area (Å²) in [6.07, 6.45) is 3.14.